The molecule has 0 radical (unpaired) electrons. The zero-order chi connectivity index (χ0) is 12.0. The molecule has 0 aromatic heterocycles. The summed E-state index contributed by atoms with van der Waals surface area (Å²) in [5.74, 6) is 1.32. The van der Waals surface area contributed by atoms with Gasteiger partial charge in [0, 0.05) is 12.6 Å². The number of hydrogen-bond donors (Lipinski definition) is 2. The number of nitrogens with zero attached hydrogens (tertiary/aromatic N) is 2. The van der Waals surface area contributed by atoms with Crippen molar-refractivity contribution in [2.45, 2.75) is 39.2 Å². The second-order valence-electron chi connectivity index (χ2n) is 4.93. The predicted octanol–water partition coefficient (Wildman–Crippen LogP) is 1.03. The van der Waals surface area contributed by atoms with Crippen molar-refractivity contribution in [2.75, 3.05) is 26.7 Å². The van der Waals surface area contributed by atoms with Crippen LogP contribution in [-0.4, -0.2) is 43.6 Å². The summed E-state index contributed by atoms with van der Waals surface area (Å²) < 4.78 is 0. The molecule has 1 atom stereocenters. The summed E-state index contributed by atoms with van der Waals surface area (Å²) in [7, 11) is 2.18. The summed E-state index contributed by atoms with van der Waals surface area (Å²) >= 11 is 0. The Bertz CT molecular complexity index is 219. The molecule has 0 bridgehead atoms. The molecule has 1 heterocycles. The maximum absolute atomic E-state index is 5.82. The fourth-order valence-electron chi connectivity index (χ4n) is 1.87. The number of hydrogen-bond acceptors (Lipinski definition) is 2. The van der Waals surface area contributed by atoms with E-state index in [4.69, 9.17) is 5.73 Å². The zero-order valence-electron chi connectivity index (χ0n) is 10.9. The van der Waals surface area contributed by atoms with Gasteiger partial charge >= 0.3 is 0 Å². The highest BCUT2D eigenvalue weighted by molar-refractivity contribution is 5.78. The number of nitrogens with one attached hydrogen (secondary N) is 1. The van der Waals surface area contributed by atoms with Crippen LogP contribution in [0.1, 0.15) is 33.1 Å². The molecule has 0 aromatic carbocycles. The molecular weight excluding hydrogens is 200 g/mol. The minimum absolute atomic E-state index is 0.418. The Morgan fingerprint density at radius 3 is 2.69 bits per heavy atom. The summed E-state index contributed by atoms with van der Waals surface area (Å²) in [6.45, 7) is 7.53. The molecule has 0 aromatic rings. The molecule has 1 saturated heterocycles. The number of rotatable bonds is 4. The molecule has 0 spiro atoms. The molecular formula is C12H26N4. The molecule has 16 heavy (non-hydrogen) atoms. The van der Waals surface area contributed by atoms with Gasteiger partial charge in [0.15, 0.2) is 5.96 Å². The van der Waals surface area contributed by atoms with Gasteiger partial charge in [-0.3, -0.25) is 4.99 Å². The van der Waals surface area contributed by atoms with Crippen LogP contribution in [-0.2, 0) is 0 Å². The van der Waals surface area contributed by atoms with Crippen molar-refractivity contribution >= 4 is 5.96 Å². The Hall–Kier alpha value is -0.770. The van der Waals surface area contributed by atoms with Gasteiger partial charge in [0.1, 0.15) is 0 Å². The van der Waals surface area contributed by atoms with Crippen LogP contribution in [0.5, 0.6) is 0 Å². The Morgan fingerprint density at radius 1 is 1.50 bits per heavy atom. The van der Waals surface area contributed by atoms with Crippen LogP contribution in [0.15, 0.2) is 4.99 Å². The van der Waals surface area contributed by atoms with Gasteiger partial charge in [-0.15, -0.1) is 0 Å². The third-order valence-electron chi connectivity index (χ3n) is 3.36. The van der Waals surface area contributed by atoms with E-state index in [0.717, 1.165) is 13.0 Å². The Morgan fingerprint density at radius 2 is 2.12 bits per heavy atom. The van der Waals surface area contributed by atoms with E-state index in [-0.39, 0.29) is 0 Å². The number of nitrogens with two attached hydrogens (primary N) is 1. The monoisotopic (exact) mass is 226 g/mol. The highest BCUT2D eigenvalue weighted by Crippen LogP contribution is 2.15. The zero-order valence-corrected chi connectivity index (χ0v) is 10.9. The molecule has 0 amide bonds. The van der Waals surface area contributed by atoms with E-state index in [2.05, 4.69) is 36.1 Å². The summed E-state index contributed by atoms with van der Waals surface area (Å²) in [6.07, 6.45) is 3.57. The van der Waals surface area contributed by atoms with E-state index >= 15 is 0 Å². The lowest BCUT2D eigenvalue weighted by Gasteiger charge is -2.27. The third kappa shape index (κ3) is 4.84. The molecule has 1 fully saturated rings. The molecule has 0 saturated carbocycles. The van der Waals surface area contributed by atoms with Crippen LogP contribution in [0, 0.1) is 5.92 Å². The first kappa shape index (κ1) is 13.3. The van der Waals surface area contributed by atoms with Gasteiger partial charge in [-0.25, -0.2) is 0 Å². The average molecular weight is 226 g/mol. The average Bonchev–Trinajstić information content (AvgIpc) is 2.28. The molecule has 1 unspecified atom stereocenters. The highest BCUT2D eigenvalue weighted by Gasteiger charge is 2.15. The van der Waals surface area contributed by atoms with Crippen LogP contribution in [0.4, 0.5) is 0 Å². The summed E-state index contributed by atoms with van der Waals surface area (Å²) in [6, 6.07) is 0.418. The minimum atomic E-state index is 0.418. The topological polar surface area (TPSA) is 53.6 Å². The van der Waals surface area contributed by atoms with Gasteiger partial charge in [0.2, 0.25) is 0 Å². The highest BCUT2D eigenvalue weighted by atomic mass is 15.1. The van der Waals surface area contributed by atoms with Gasteiger partial charge in [0.25, 0.3) is 0 Å². The fourth-order valence-corrected chi connectivity index (χ4v) is 1.87. The smallest absolute Gasteiger partial charge is 0.188 e. The van der Waals surface area contributed by atoms with E-state index < -0.39 is 0 Å². The van der Waals surface area contributed by atoms with Gasteiger partial charge in [0.05, 0.1) is 0 Å². The van der Waals surface area contributed by atoms with E-state index in [1.54, 1.807) is 0 Å². The largest absolute Gasteiger partial charge is 0.370 e. The Kier molecular flexibility index (Phi) is 5.60. The van der Waals surface area contributed by atoms with E-state index in [1.807, 2.05) is 0 Å². The van der Waals surface area contributed by atoms with Crippen molar-refractivity contribution < 1.29 is 0 Å². The molecule has 1 aliphatic rings. The van der Waals surface area contributed by atoms with E-state index in [1.165, 1.54) is 25.9 Å². The quantitative estimate of drug-likeness (QED) is 0.556. The molecule has 4 nitrogen and oxygen atoms in total. The number of likely N-dealkylation sites (tertiary alicyclic amines) is 1. The first-order chi connectivity index (χ1) is 7.61. The standard InChI is InChI=1S/C12H26N4/c1-4-10(2)15-12(13)14-9-11-5-7-16(3)8-6-11/h10-11H,4-9H2,1-3H3,(H3,13,14,15). The lowest BCUT2D eigenvalue weighted by Crippen LogP contribution is -2.39. The van der Waals surface area contributed by atoms with Crippen molar-refractivity contribution in [2.24, 2.45) is 16.6 Å². The second kappa shape index (κ2) is 6.74. The predicted molar refractivity (Wildman–Crippen MR) is 69.6 cm³/mol. The Labute approximate surface area is 99.3 Å². The molecule has 1 rings (SSSR count). The molecule has 1 aliphatic heterocycles. The summed E-state index contributed by atoms with van der Waals surface area (Å²) in [5, 5.41) is 3.20. The van der Waals surface area contributed by atoms with Crippen molar-refractivity contribution in [3.63, 3.8) is 0 Å². The van der Waals surface area contributed by atoms with Crippen molar-refractivity contribution in [1.29, 1.82) is 0 Å². The van der Waals surface area contributed by atoms with Crippen molar-refractivity contribution in [3.8, 4) is 0 Å². The maximum atomic E-state index is 5.82. The van der Waals surface area contributed by atoms with Crippen LogP contribution in [0.25, 0.3) is 0 Å². The van der Waals surface area contributed by atoms with Crippen molar-refractivity contribution in [3.05, 3.63) is 0 Å². The first-order valence-corrected chi connectivity index (χ1v) is 6.36. The molecule has 4 heteroatoms. The van der Waals surface area contributed by atoms with Gasteiger partial charge in [-0.05, 0) is 52.2 Å². The second-order valence-corrected chi connectivity index (χ2v) is 4.93. The number of piperidine rings is 1. The van der Waals surface area contributed by atoms with E-state index in [9.17, 15) is 0 Å². The van der Waals surface area contributed by atoms with E-state index in [0.29, 0.717) is 17.9 Å². The van der Waals surface area contributed by atoms with Crippen LogP contribution in [0.2, 0.25) is 0 Å². The number of aliphatic imine (C=N–C) groups is 1. The minimum Gasteiger partial charge on any atom is -0.370 e. The SMILES string of the molecule is CCC(C)NC(N)=NCC1CCN(C)CC1. The Balaban J connectivity index is 2.24. The van der Waals surface area contributed by atoms with Gasteiger partial charge in [-0.1, -0.05) is 6.92 Å². The number of guanidine groups is 1. The maximum Gasteiger partial charge on any atom is 0.188 e. The lowest BCUT2D eigenvalue weighted by atomic mass is 9.97. The van der Waals surface area contributed by atoms with Gasteiger partial charge < -0.3 is 16.0 Å². The van der Waals surface area contributed by atoms with Gasteiger partial charge in [-0.2, -0.15) is 0 Å². The molecule has 94 valence electrons. The van der Waals surface area contributed by atoms with Crippen LogP contribution >= 0.6 is 0 Å². The fraction of sp³-hybridized carbons (Fsp3) is 0.917. The normalized spacial score (nSPS) is 22.1. The van der Waals surface area contributed by atoms with Crippen LogP contribution < -0.4 is 11.1 Å². The van der Waals surface area contributed by atoms with Crippen molar-refractivity contribution in [1.82, 2.24) is 10.2 Å². The van der Waals surface area contributed by atoms with Crippen LogP contribution in [0.3, 0.4) is 0 Å². The first-order valence-electron chi connectivity index (χ1n) is 6.36. The third-order valence-corrected chi connectivity index (χ3v) is 3.36. The molecule has 3 N–H and O–H groups in total. The lowest BCUT2D eigenvalue weighted by molar-refractivity contribution is 0.223. The summed E-state index contributed by atoms with van der Waals surface area (Å²) in [4.78, 5) is 6.80. The summed E-state index contributed by atoms with van der Waals surface area (Å²) in [5.41, 5.74) is 5.82. The molecule has 0 aliphatic carbocycles.